The Kier molecular flexibility index (Phi) is 19.1. The van der Waals surface area contributed by atoms with Gasteiger partial charge in [-0.3, -0.25) is 0 Å². The minimum absolute atomic E-state index is 0. The maximum atomic E-state index is 8.48. The van der Waals surface area contributed by atoms with Crippen molar-refractivity contribution in [3.8, 4) is 0 Å². The molecule has 3 nitrogen and oxygen atoms in total. The van der Waals surface area contributed by atoms with Crippen molar-refractivity contribution in [2.24, 2.45) is 0 Å². The molecule has 1 atom stereocenters. The van der Waals surface area contributed by atoms with E-state index in [-0.39, 0.29) is 28.1 Å². The lowest BCUT2D eigenvalue weighted by Crippen LogP contribution is -2.17. The highest BCUT2D eigenvalue weighted by Gasteiger charge is 1.96. The molecule has 2 N–H and O–H groups in total. The number of ether oxygens (including phenoxy) is 1. The van der Waals surface area contributed by atoms with E-state index in [0.717, 1.165) is 0 Å². The third-order valence-corrected chi connectivity index (χ3v) is 0.570. The molecule has 0 spiro atoms. The molecule has 3 heteroatoms. The Balaban J connectivity index is -0.000000180. The monoisotopic (exact) mass is 138 g/mol. The molecule has 0 aromatic rings. The third-order valence-electron chi connectivity index (χ3n) is 0.570. The van der Waals surface area contributed by atoms with Crippen LogP contribution in [0.1, 0.15) is 14.9 Å². The van der Waals surface area contributed by atoms with Crippen molar-refractivity contribution in [3.63, 3.8) is 0 Å². The van der Waals surface area contributed by atoms with Gasteiger partial charge < -0.3 is 14.9 Å². The number of methoxy groups -OCH3 is 1. The zero-order valence-corrected chi connectivity index (χ0v) is 4.29. The van der Waals surface area contributed by atoms with Gasteiger partial charge >= 0.3 is 0 Å². The zero-order valence-electron chi connectivity index (χ0n) is 4.29. The number of rotatable bonds is 3. The normalized spacial score (nSPS) is 11.0. The molecule has 60 valence electrons. The Morgan fingerprint density at radius 1 is 1.44 bits per heavy atom. The highest BCUT2D eigenvalue weighted by atomic mass is 16.5. The molecular weight excluding hydrogens is 120 g/mol. The summed E-state index contributed by atoms with van der Waals surface area (Å²) in [5, 5.41) is 16.6. The first-order valence-electron chi connectivity index (χ1n) is 2.09. The number of aliphatic hydroxyl groups excluding tert-OH is 2. The van der Waals surface area contributed by atoms with Crippen LogP contribution in [0.4, 0.5) is 0 Å². The molecule has 0 aromatic carbocycles. The SMILES string of the molecule is C.C.COCC(O)CO. The highest BCUT2D eigenvalue weighted by Crippen LogP contribution is 1.77. The molecule has 0 saturated heterocycles. The van der Waals surface area contributed by atoms with Gasteiger partial charge in [-0.2, -0.15) is 0 Å². The minimum atomic E-state index is -0.718. The molecule has 0 aliphatic carbocycles. The average Bonchev–Trinajstić information content (AvgIpc) is 1.68. The number of hydrogen-bond donors (Lipinski definition) is 2. The van der Waals surface area contributed by atoms with Crippen molar-refractivity contribution in [2.45, 2.75) is 21.0 Å². The molecule has 0 amide bonds. The summed E-state index contributed by atoms with van der Waals surface area (Å²) in [6.07, 6.45) is -0.718. The van der Waals surface area contributed by atoms with E-state index < -0.39 is 6.10 Å². The minimum Gasteiger partial charge on any atom is -0.394 e. The molecule has 0 fully saturated rings. The lowest BCUT2D eigenvalue weighted by atomic mass is 10.4. The zero-order chi connectivity index (χ0) is 5.70. The molecule has 9 heavy (non-hydrogen) atoms. The topological polar surface area (TPSA) is 49.7 Å². The molecule has 0 heterocycles. The van der Waals surface area contributed by atoms with E-state index in [1.165, 1.54) is 7.11 Å². The Hall–Kier alpha value is -0.120. The van der Waals surface area contributed by atoms with Crippen molar-refractivity contribution in [1.82, 2.24) is 0 Å². The first-order chi connectivity index (χ1) is 3.31. The van der Waals surface area contributed by atoms with Crippen molar-refractivity contribution >= 4 is 0 Å². The van der Waals surface area contributed by atoms with Crippen LogP contribution in [0.15, 0.2) is 0 Å². The number of hydrogen-bond acceptors (Lipinski definition) is 3. The van der Waals surface area contributed by atoms with E-state index >= 15 is 0 Å². The van der Waals surface area contributed by atoms with Crippen LogP contribution in [0.25, 0.3) is 0 Å². The van der Waals surface area contributed by atoms with Gasteiger partial charge in [0.2, 0.25) is 0 Å². The lowest BCUT2D eigenvalue weighted by molar-refractivity contribution is 0.0254. The average molecular weight is 138 g/mol. The summed E-state index contributed by atoms with van der Waals surface area (Å²) in [4.78, 5) is 0. The smallest absolute Gasteiger partial charge is 0.100 e. The largest absolute Gasteiger partial charge is 0.394 e. The van der Waals surface area contributed by atoms with Gasteiger partial charge in [0.1, 0.15) is 6.10 Å². The van der Waals surface area contributed by atoms with E-state index in [2.05, 4.69) is 4.74 Å². The van der Waals surface area contributed by atoms with Gasteiger partial charge in [-0.05, 0) is 0 Å². The summed E-state index contributed by atoms with van der Waals surface area (Å²) in [5.41, 5.74) is 0. The van der Waals surface area contributed by atoms with Crippen LogP contribution in [-0.2, 0) is 4.74 Å². The Morgan fingerprint density at radius 3 is 2.00 bits per heavy atom. The number of aliphatic hydroxyl groups is 2. The van der Waals surface area contributed by atoms with Gasteiger partial charge in [0, 0.05) is 7.11 Å². The summed E-state index contributed by atoms with van der Waals surface area (Å²) in [5.74, 6) is 0. The Bertz CT molecular complexity index is 39.3. The second-order valence-electron chi connectivity index (χ2n) is 1.29. The van der Waals surface area contributed by atoms with Gasteiger partial charge in [0.25, 0.3) is 0 Å². The van der Waals surface area contributed by atoms with E-state index in [0.29, 0.717) is 0 Å². The van der Waals surface area contributed by atoms with Crippen molar-refractivity contribution in [2.75, 3.05) is 20.3 Å². The van der Waals surface area contributed by atoms with E-state index in [1.54, 1.807) is 0 Å². The highest BCUT2D eigenvalue weighted by molar-refractivity contribution is 4.46. The van der Waals surface area contributed by atoms with Gasteiger partial charge in [0.15, 0.2) is 0 Å². The Morgan fingerprint density at radius 2 is 1.89 bits per heavy atom. The van der Waals surface area contributed by atoms with Crippen LogP contribution in [-0.4, -0.2) is 36.6 Å². The fraction of sp³-hybridized carbons (Fsp3) is 1.00. The lowest BCUT2D eigenvalue weighted by Gasteiger charge is -2.01. The summed E-state index contributed by atoms with van der Waals surface area (Å²) < 4.78 is 4.48. The molecule has 0 saturated carbocycles. The molecule has 0 bridgehead atoms. The van der Waals surface area contributed by atoms with Crippen LogP contribution < -0.4 is 0 Å². The van der Waals surface area contributed by atoms with Gasteiger partial charge in [-0.15, -0.1) is 0 Å². The van der Waals surface area contributed by atoms with E-state index in [4.69, 9.17) is 10.2 Å². The summed E-state index contributed by atoms with van der Waals surface area (Å²) in [7, 11) is 1.47. The third kappa shape index (κ3) is 11.4. The van der Waals surface area contributed by atoms with Gasteiger partial charge in [0.05, 0.1) is 13.2 Å². The van der Waals surface area contributed by atoms with Gasteiger partial charge in [-0.25, -0.2) is 0 Å². The standard InChI is InChI=1S/C4H10O3.2CH4/c1-7-3-4(6)2-5;;/h4-6H,2-3H2,1H3;2*1H4. The quantitative estimate of drug-likeness (QED) is 0.588. The maximum absolute atomic E-state index is 8.48. The van der Waals surface area contributed by atoms with Crippen LogP contribution in [0.2, 0.25) is 0 Å². The summed E-state index contributed by atoms with van der Waals surface area (Å²) in [6.45, 7) is -0.0235. The fourth-order valence-electron chi connectivity index (χ4n) is 0.245. The first kappa shape index (κ1) is 15.9. The fourth-order valence-corrected chi connectivity index (χ4v) is 0.245. The van der Waals surface area contributed by atoms with Crippen LogP contribution in [0.5, 0.6) is 0 Å². The van der Waals surface area contributed by atoms with Crippen molar-refractivity contribution in [1.29, 1.82) is 0 Å². The van der Waals surface area contributed by atoms with E-state index in [1.807, 2.05) is 0 Å². The predicted octanol–water partition coefficient (Wildman–Crippen LogP) is 0.258. The van der Waals surface area contributed by atoms with E-state index in [9.17, 15) is 0 Å². The molecule has 0 radical (unpaired) electrons. The van der Waals surface area contributed by atoms with Gasteiger partial charge in [-0.1, -0.05) is 14.9 Å². The second-order valence-corrected chi connectivity index (χ2v) is 1.29. The first-order valence-corrected chi connectivity index (χ1v) is 2.09. The van der Waals surface area contributed by atoms with Crippen molar-refractivity contribution in [3.05, 3.63) is 0 Å². The molecule has 1 unspecified atom stereocenters. The Labute approximate surface area is 57.3 Å². The summed E-state index contributed by atoms with van der Waals surface area (Å²) >= 11 is 0. The van der Waals surface area contributed by atoms with Crippen molar-refractivity contribution < 1.29 is 14.9 Å². The van der Waals surface area contributed by atoms with Crippen LogP contribution >= 0.6 is 0 Å². The summed E-state index contributed by atoms with van der Waals surface area (Å²) in [6, 6.07) is 0. The molecule has 0 aliphatic heterocycles. The maximum Gasteiger partial charge on any atom is 0.100 e. The molecular formula is C6H18O3. The molecule has 0 rings (SSSR count). The predicted molar refractivity (Wildman–Crippen MR) is 38.4 cm³/mol. The van der Waals surface area contributed by atoms with Crippen LogP contribution in [0, 0.1) is 0 Å². The second kappa shape index (κ2) is 10.8. The van der Waals surface area contributed by atoms with Crippen LogP contribution in [0.3, 0.4) is 0 Å². The molecule has 0 aromatic heterocycles. The molecule has 0 aliphatic rings.